The van der Waals surface area contributed by atoms with E-state index < -0.39 is 0 Å². The van der Waals surface area contributed by atoms with Gasteiger partial charge in [0.25, 0.3) is 0 Å². The standard InChI is InChI=1S/C20H25N5O/c1-13-8-6-7-9-18(13)11-25-17(5)20(16(4)23-25)21-19(26)12-24-15(3)10-14(2)22-24/h6-10H,11-12H2,1-5H3,(H,21,26). The van der Waals surface area contributed by atoms with E-state index in [0.717, 1.165) is 28.5 Å². The highest BCUT2D eigenvalue weighted by Crippen LogP contribution is 2.21. The Kier molecular flexibility index (Phi) is 4.93. The predicted molar refractivity (Wildman–Crippen MR) is 102 cm³/mol. The van der Waals surface area contributed by atoms with Crippen molar-refractivity contribution in [3.8, 4) is 0 Å². The van der Waals surface area contributed by atoms with Crippen LogP contribution in [-0.4, -0.2) is 25.5 Å². The van der Waals surface area contributed by atoms with Crippen LogP contribution < -0.4 is 5.32 Å². The Morgan fingerprint density at radius 1 is 1.04 bits per heavy atom. The molecule has 0 atom stereocenters. The lowest BCUT2D eigenvalue weighted by atomic mass is 10.1. The molecule has 26 heavy (non-hydrogen) atoms. The zero-order valence-electron chi connectivity index (χ0n) is 16.0. The number of hydrogen-bond acceptors (Lipinski definition) is 3. The van der Waals surface area contributed by atoms with E-state index in [4.69, 9.17) is 0 Å². The molecule has 0 spiro atoms. The van der Waals surface area contributed by atoms with Gasteiger partial charge in [-0.05, 0) is 51.8 Å². The number of rotatable bonds is 5. The lowest BCUT2D eigenvalue weighted by Gasteiger charge is -2.09. The molecule has 1 aromatic carbocycles. The molecule has 0 radical (unpaired) electrons. The summed E-state index contributed by atoms with van der Waals surface area (Å²) in [7, 11) is 0. The quantitative estimate of drug-likeness (QED) is 0.767. The molecule has 1 amide bonds. The average molecular weight is 351 g/mol. The SMILES string of the molecule is Cc1cc(C)n(CC(=O)Nc2c(C)nn(Cc3ccccc3C)c2C)n1. The number of nitrogens with one attached hydrogen (secondary N) is 1. The number of carbonyl (C=O) groups excluding carboxylic acids is 1. The van der Waals surface area contributed by atoms with E-state index in [1.807, 2.05) is 50.6 Å². The van der Waals surface area contributed by atoms with Crippen molar-refractivity contribution in [3.05, 3.63) is 64.2 Å². The van der Waals surface area contributed by atoms with Gasteiger partial charge in [0.2, 0.25) is 5.91 Å². The number of amides is 1. The average Bonchev–Trinajstić information content (AvgIpc) is 3.02. The van der Waals surface area contributed by atoms with Crippen LogP contribution in [0, 0.1) is 34.6 Å². The van der Waals surface area contributed by atoms with Crippen molar-refractivity contribution in [3.63, 3.8) is 0 Å². The van der Waals surface area contributed by atoms with Crippen LogP contribution in [0.4, 0.5) is 5.69 Å². The second kappa shape index (κ2) is 7.15. The third-order valence-electron chi connectivity index (χ3n) is 4.62. The van der Waals surface area contributed by atoms with Gasteiger partial charge in [0.15, 0.2) is 0 Å². The molecule has 0 aliphatic carbocycles. The van der Waals surface area contributed by atoms with Crippen molar-refractivity contribution in [2.24, 2.45) is 0 Å². The summed E-state index contributed by atoms with van der Waals surface area (Å²) in [5.41, 5.74) is 6.89. The fourth-order valence-corrected chi connectivity index (χ4v) is 3.13. The lowest BCUT2D eigenvalue weighted by molar-refractivity contribution is -0.116. The van der Waals surface area contributed by atoms with E-state index in [2.05, 4.69) is 34.6 Å². The minimum atomic E-state index is -0.0992. The largest absolute Gasteiger partial charge is 0.321 e. The lowest BCUT2D eigenvalue weighted by Crippen LogP contribution is -2.21. The highest BCUT2D eigenvalue weighted by Gasteiger charge is 2.16. The van der Waals surface area contributed by atoms with Crippen molar-refractivity contribution in [1.29, 1.82) is 0 Å². The van der Waals surface area contributed by atoms with E-state index in [9.17, 15) is 4.79 Å². The molecule has 136 valence electrons. The number of nitrogens with zero attached hydrogens (tertiary/aromatic N) is 4. The molecule has 6 heteroatoms. The van der Waals surface area contributed by atoms with Gasteiger partial charge in [-0.2, -0.15) is 10.2 Å². The summed E-state index contributed by atoms with van der Waals surface area (Å²) in [5, 5.41) is 12.0. The molecule has 0 saturated carbocycles. The summed E-state index contributed by atoms with van der Waals surface area (Å²) in [6.07, 6.45) is 0. The van der Waals surface area contributed by atoms with Gasteiger partial charge in [0, 0.05) is 5.69 Å². The first kappa shape index (κ1) is 17.9. The summed E-state index contributed by atoms with van der Waals surface area (Å²) >= 11 is 0. The fourth-order valence-electron chi connectivity index (χ4n) is 3.13. The molecule has 6 nitrogen and oxygen atoms in total. The number of hydrogen-bond donors (Lipinski definition) is 1. The molecule has 0 unspecified atom stereocenters. The predicted octanol–water partition coefficient (Wildman–Crippen LogP) is 3.31. The summed E-state index contributed by atoms with van der Waals surface area (Å²) in [4.78, 5) is 12.5. The number of aryl methyl sites for hydroxylation is 4. The van der Waals surface area contributed by atoms with E-state index in [-0.39, 0.29) is 12.5 Å². The Labute approximate surface area is 153 Å². The van der Waals surface area contributed by atoms with Gasteiger partial charge < -0.3 is 5.32 Å². The monoisotopic (exact) mass is 351 g/mol. The van der Waals surface area contributed by atoms with E-state index >= 15 is 0 Å². The molecular weight excluding hydrogens is 326 g/mol. The summed E-state index contributed by atoms with van der Waals surface area (Å²) in [5.74, 6) is -0.0992. The Bertz CT molecular complexity index is 951. The molecule has 1 N–H and O–H groups in total. The minimum Gasteiger partial charge on any atom is -0.321 e. The van der Waals surface area contributed by atoms with Gasteiger partial charge in [-0.3, -0.25) is 14.2 Å². The summed E-state index contributed by atoms with van der Waals surface area (Å²) in [6.45, 7) is 10.7. The Morgan fingerprint density at radius 2 is 1.77 bits per heavy atom. The normalized spacial score (nSPS) is 11.0. The van der Waals surface area contributed by atoms with Crippen LogP contribution in [0.5, 0.6) is 0 Å². The highest BCUT2D eigenvalue weighted by molar-refractivity contribution is 5.91. The minimum absolute atomic E-state index is 0.0992. The molecule has 0 bridgehead atoms. The number of carbonyl (C=O) groups is 1. The van der Waals surface area contributed by atoms with Crippen LogP contribution in [0.2, 0.25) is 0 Å². The molecule has 0 aliphatic heterocycles. The first-order valence-electron chi connectivity index (χ1n) is 8.74. The topological polar surface area (TPSA) is 64.7 Å². The van der Waals surface area contributed by atoms with Crippen LogP contribution in [0.1, 0.15) is 33.9 Å². The molecule has 0 saturated heterocycles. The van der Waals surface area contributed by atoms with Gasteiger partial charge in [-0.25, -0.2) is 0 Å². The van der Waals surface area contributed by atoms with Crippen LogP contribution in [0.15, 0.2) is 30.3 Å². The second-order valence-corrected chi connectivity index (χ2v) is 6.76. The van der Waals surface area contributed by atoms with Gasteiger partial charge in [0.05, 0.1) is 29.3 Å². The van der Waals surface area contributed by atoms with E-state index in [1.54, 1.807) is 4.68 Å². The molecule has 2 heterocycles. The Hall–Kier alpha value is -2.89. The van der Waals surface area contributed by atoms with Crippen molar-refractivity contribution in [1.82, 2.24) is 19.6 Å². The molecule has 3 aromatic rings. The van der Waals surface area contributed by atoms with Crippen molar-refractivity contribution in [2.75, 3.05) is 5.32 Å². The number of benzene rings is 1. The first-order chi connectivity index (χ1) is 12.3. The zero-order chi connectivity index (χ0) is 18.8. The van der Waals surface area contributed by atoms with Gasteiger partial charge in [-0.15, -0.1) is 0 Å². The molecule has 3 rings (SSSR count). The maximum absolute atomic E-state index is 12.5. The van der Waals surface area contributed by atoms with Crippen molar-refractivity contribution < 1.29 is 4.79 Å². The van der Waals surface area contributed by atoms with Gasteiger partial charge >= 0.3 is 0 Å². The van der Waals surface area contributed by atoms with Crippen LogP contribution in [-0.2, 0) is 17.9 Å². The molecular formula is C20H25N5O. The van der Waals surface area contributed by atoms with Crippen molar-refractivity contribution in [2.45, 2.75) is 47.7 Å². The van der Waals surface area contributed by atoms with Gasteiger partial charge in [-0.1, -0.05) is 24.3 Å². The smallest absolute Gasteiger partial charge is 0.246 e. The van der Waals surface area contributed by atoms with Gasteiger partial charge in [0.1, 0.15) is 6.54 Å². The Morgan fingerprint density at radius 3 is 2.42 bits per heavy atom. The summed E-state index contributed by atoms with van der Waals surface area (Å²) < 4.78 is 3.66. The maximum atomic E-state index is 12.5. The van der Waals surface area contributed by atoms with Crippen LogP contribution in [0.25, 0.3) is 0 Å². The molecule has 0 fully saturated rings. The second-order valence-electron chi connectivity index (χ2n) is 6.76. The van der Waals surface area contributed by atoms with E-state index in [1.165, 1.54) is 11.1 Å². The number of aromatic nitrogens is 4. The van der Waals surface area contributed by atoms with Crippen molar-refractivity contribution >= 4 is 11.6 Å². The third-order valence-corrected chi connectivity index (χ3v) is 4.62. The first-order valence-corrected chi connectivity index (χ1v) is 8.74. The highest BCUT2D eigenvalue weighted by atomic mass is 16.2. The van der Waals surface area contributed by atoms with Crippen LogP contribution in [0.3, 0.4) is 0 Å². The van der Waals surface area contributed by atoms with Crippen LogP contribution >= 0.6 is 0 Å². The molecule has 0 aliphatic rings. The maximum Gasteiger partial charge on any atom is 0.246 e. The fraction of sp³-hybridized carbons (Fsp3) is 0.350. The summed E-state index contributed by atoms with van der Waals surface area (Å²) in [6, 6.07) is 10.2. The Balaban J connectivity index is 1.76. The third kappa shape index (κ3) is 3.69. The van der Waals surface area contributed by atoms with E-state index in [0.29, 0.717) is 6.54 Å². The molecule has 2 aromatic heterocycles. The zero-order valence-corrected chi connectivity index (χ0v) is 16.0. The number of anilines is 1.